The molecule has 1 aliphatic rings. The minimum absolute atomic E-state index is 0.102. The summed E-state index contributed by atoms with van der Waals surface area (Å²) >= 11 is 1.84. The van der Waals surface area contributed by atoms with E-state index in [1.54, 1.807) is 0 Å². The molecule has 0 aliphatic carbocycles. The molecule has 0 radical (unpaired) electrons. The lowest BCUT2D eigenvalue weighted by molar-refractivity contribution is -0.134. The lowest BCUT2D eigenvalue weighted by atomic mass is 10.1. The Balaban J connectivity index is 1.89. The highest BCUT2D eigenvalue weighted by atomic mass is 32.1. The van der Waals surface area contributed by atoms with E-state index in [-0.39, 0.29) is 18.0 Å². The SMILES string of the molecule is CCc1ccc(C(C)NC(C)C(=O)N2CCCCC2)s1. The van der Waals surface area contributed by atoms with Gasteiger partial charge in [-0.3, -0.25) is 10.1 Å². The third kappa shape index (κ3) is 3.83. The van der Waals surface area contributed by atoms with Crippen molar-refractivity contribution in [3.8, 4) is 0 Å². The highest BCUT2D eigenvalue weighted by Gasteiger charge is 2.23. The number of likely N-dealkylation sites (tertiary alicyclic amines) is 1. The highest BCUT2D eigenvalue weighted by molar-refractivity contribution is 7.12. The van der Waals surface area contributed by atoms with E-state index in [1.807, 2.05) is 23.2 Å². The molecule has 1 aliphatic heterocycles. The zero-order chi connectivity index (χ0) is 14.5. The van der Waals surface area contributed by atoms with Crippen LogP contribution in [0.15, 0.2) is 12.1 Å². The first-order chi connectivity index (χ1) is 9.61. The first kappa shape index (κ1) is 15.5. The fourth-order valence-electron chi connectivity index (χ4n) is 2.73. The Morgan fingerprint density at radius 1 is 1.30 bits per heavy atom. The standard InChI is InChI=1S/C16H26N2OS/c1-4-14-8-9-15(20-14)12(2)17-13(3)16(19)18-10-6-5-7-11-18/h8-9,12-13,17H,4-7,10-11H2,1-3H3. The van der Waals surface area contributed by atoms with Crippen molar-refractivity contribution < 1.29 is 4.79 Å². The Hall–Kier alpha value is -0.870. The van der Waals surface area contributed by atoms with Gasteiger partial charge < -0.3 is 4.90 Å². The molecule has 2 unspecified atom stereocenters. The summed E-state index contributed by atoms with van der Waals surface area (Å²) in [6, 6.07) is 4.51. The smallest absolute Gasteiger partial charge is 0.239 e. The number of nitrogens with zero attached hydrogens (tertiary/aromatic N) is 1. The van der Waals surface area contributed by atoms with Crippen molar-refractivity contribution in [2.24, 2.45) is 0 Å². The van der Waals surface area contributed by atoms with Gasteiger partial charge in [0.05, 0.1) is 6.04 Å². The lowest BCUT2D eigenvalue weighted by Crippen LogP contribution is -2.47. The summed E-state index contributed by atoms with van der Waals surface area (Å²) in [6.07, 6.45) is 4.65. The average molecular weight is 294 g/mol. The van der Waals surface area contributed by atoms with Crippen LogP contribution in [0.5, 0.6) is 0 Å². The van der Waals surface area contributed by atoms with Crippen LogP contribution in [0.3, 0.4) is 0 Å². The van der Waals surface area contributed by atoms with E-state index in [1.165, 1.54) is 16.2 Å². The molecule has 0 spiro atoms. The first-order valence-electron chi connectivity index (χ1n) is 7.75. The van der Waals surface area contributed by atoms with Gasteiger partial charge in [0.25, 0.3) is 0 Å². The molecular weight excluding hydrogens is 268 g/mol. The van der Waals surface area contributed by atoms with Crippen molar-refractivity contribution in [3.63, 3.8) is 0 Å². The topological polar surface area (TPSA) is 32.3 Å². The summed E-state index contributed by atoms with van der Waals surface area (Å²) in [7, 11) is 0. The van der Waals surface area contributed by atoms with Crippen LogP contribution >= 0.6 is 11.3 Å². The summed E-state index contributed by atoms with van der Waals surface area (Å²) in [4.78, 5) is 17.1. The van der Waals surface area contributed by atoms with Crippen molar-refractivity contribution >= 4 is 17.2 Å². The molecule has 1 aromatic heterocycles. The number of amides is 1. The molecule has 2 atom stereocenters. The highest BCUT2D eigenvalue weighted by Crippen LogP contribution is 2.24. The summed E-state index contributed by atoms with van der Waals surface area (Å²) in [5, 5.41) is 3.45. The Bertz CT molecular complexity index is 437. The number of carbonyl (C=O) groups excluding carboxylic acids is 1. The monoisotopic (exact) mass is 294 g/mol. The minimum Gasteiger partial charge on any atom is -0.341 e. The van der Waals surface area contributed by atoms with Crippen LogP contribution in [0, 0.1) is 0 Å². The number of nitrogens with one attached hydrogen (secondary N) is 1. The van der Waals surface area contributed by atoms with E-state index in [2.05, 4.69) is 31.3 Å². The first-order valence-corrected chi connectivity index (χ1v) is 8.57. The number of aryl methyl sites for hydroxylation is 1. The summed E-state index contributed by atoms with van der Waals surface area (Å²) < 4.78 is 0. The minimum atomic E-state index is -0.102. The van der Waals surface area contributed by atoms with E-state index in [0.29, 0.717) is 0 Å². The molecule has 0 saturated carbocycles. The second-order valence-electron chi connectivity index (χ2n) is 5.65. The fourth-order valence-corrected chi connectivity index (χ4v) is 3.70. The zero-order valence-electron chi connectivity index (χ0n) is 12.8. The Kier molecular flexibility index (Phi) is 5.61. The van der Waals surface area contributed by atoms with Gasteiger partial charge in [-0.05, 0) is 51.7 Å². The van der Waals surface area contributed by atoms with Crippen molar-refractivity contribution in [2.75, 3.05) is 13.1 Å². The zero-order valence-corrected chi connectivity index (χ0v) is 13.6. The molecular formula is C16H26N2OS. The van der Waals surface area contributed by atoms with Crippen molar-refractivity contribution in [1.82, 2.24) is 10.2 Å². The largest absolute Gasteiger partial charge is 0.341 e. The number of rotatable bonds is 5. The number of hydrogen-bond donors (Lipinski definition) is 1. The molecule has 20 heavy (non-hydrogen) atoms. The number of thiophene rings is 1. The van der Waals surface area contributed by atoms with E-state index in [9.17, 15) is 4.79 Å². The molecule has 2 heterocycles. The molecule has 1 saturated heterocycles. The predicted octanol–water partition coefficient (Wildman–Crippen LogP) is 3.36. The van der Waals surface area contributed by atoms with Gasteiger partial charge in [-0.25, -0.2) is 0 Å². The molecule has 2 rings (SSSR count). The maximum Gasteiger partial charge on any atom is 0.239 e. The third-order valence-corrected chi connectivity index (χ3v) is 5.41. The van der Waals surface area contributed by atoms with Gasteiger partial charge in [-0.1, -0.05) is 6.92 Å². The van der Waals surface area contributed by atoms with Crippen molar-refractivity contribution in [2.45, 2.75) is 58.5 Å². The summed E-state index contributed by atoms with van der Waals surface area (Å²) in [5.41, 5.74) is 0. The van der Waals surface area contributed by atoms with Crippen LogP contribution < -0.4 is 5.32 Å². The lowest BCUT2D eigenvalue weighted by Gasteiger charge is -2.30. The van der Waals surface area contributed by atoms with Gasteiger partial charge >= 0.3 is 0 Å². The van der Waals surface area contributed by atoms with Gasteiger partial charge in [0, 0.05) is 28.9 Å². The summed E-state index contributed by atoms with van der Waals surface area (Å²) in [6.45, 7) is 8.17. The van der Waals surface area contributed by atoms with E-state index in [0.717, 1.165) is 32.4 Å². The van der Waals surface area contributed by atoms with Crippen LogP contribution in [-0.4, -0.2) is 29.9 Å². The van der Waals surface area contributed by atoms with Gasteiger partial charge in [0.15, 0.2) is 0 Å². The van der Waals surface area contributed by atoms with E-state index < -0.39 is 0 Å². The van der Waals surface area contributed by atoms with Gasteiger partial charge in [-0.2, -0.15) is 0 Å². The molecule has 112 valence electrons. The molecule has 1 fully saturated rings. The number of hydrogen-bond acceptors (Lipinski definition) is 3. The molecule has 3 nitrogen and oxygen atoms in total. The quantitative estimate of drug-likeness (QED) is 0.903. The number of piperidine rings is 1. The van der Waals surface area contributed by atoms with E-state index >= 15 is 0 Å². The molecule has 1 N–H and O–H groups in total. The number of carbonyl (C=O) groups is 1. The van der Waals surface area contributed by atoms with Crippen LogP contribution in [-0.2, 0) is 11.2 Å². The Morgan fingerprint density at radius 3 is 2.60 bits per heavy atom. The van der Waals surface area contributed by atoms with Crippen LogP contribution in [0.2, 0.25) is 0 Å². The maximum atomic E-state index is 12.4. The summed E-state index contributed by atoms with van der Waals surface area (Å²) in [5.74, 6) is 0.254. The second kappa shape index (κ2) is 7.23. The van der Waals surface area contributed by atoms with Crippen LogP contribution in [0.25, 0.3) is 0 Å². The van der Waals surface area contributed by atoms with E-state index in [4.69, 9.17) is 0 Å². The van der Waals surface area contributed by atoms with Gasteiger partial charge in [0.2, 0.25) is 5.91 Å². The normalized spacial score (nSPS) is 18.9. The Morgan fingerprint density at radius 2 is 2.00 bits per heavy atom. The third-order valence-electron chi connectivity index (χ3n) is 4.00. The average Bonchev–Trinajstić information content (AvgIpc) is 2.96. The van der Waals surface area contributed by atoms with Crippen molar-refractivity contribution in [1.29, 1.82) is 0 Å². The predicted molar refractivity (Wildman–Crippen MR) is 85.1 cm³/mol. The molecule has 4 heteroatoms. The van der Waals surface area contributed by atoms with Crippen LogP contribution in [0.1, 0.15) is 55.8 Å². The molecule has 1 amide bonds. The van der Waals surface area contributed by atoms with Crippen molar-refractivity contribution in [3.05, 3.63) is 21.9 Å². The van der Waals surface area contributed by atoms with Gasteiger partial charge in [-0.15, -0.1) is 11.3 Å². The van der Waals surface area contributed by atoms with Crippen LogP contribution in [0.4, 0.5) is 0 Å². The molecule has 1 aromatic rings. The second-order valence-corrected chi connectivity index (χ2v) is 6.85. The van der Waals surface area contributed by atoms with Gasteiger partial charge in [0.1, 0.15) is 0 Å². The maximum absolute atomic E-state index is 12.4. The Labute approximate surface area is 126 Å². The molecule has 0 bridgehead atoms. The fraction of sp³-hybridized carbons (Fsp3) is 0.688. The molecule has 0 aromatic carbocycles.